The molecule has 0 atom stereocenters. The van der Waals surface area contributed by atoms with Gasteiger partial charge in [0, 0.05) is 30.9 Å². The van der Waals surface area contributed by atoms with E-state index in [2.05, 4.69) is 5.32 Å². The second kappa shape index (κ2) is 9.50. The van der Waals surface area contributed by atoms with Crippen molar-refractivity contribution in [2.75, 3.05) is 26.0 Å². The summed E-state index contributed by atoms with van der Waals surface area (Å²) < 4.78 is 30.2. The Balaban J connectivity index is 1.90. The number of amides is 1. The lowest BCUT2D eigenvalue weighted by atomic mass is 10.2. The molecule has 0 aliphatic rings. The molecule has 0 saturated carbocycles. The van der Waals surface area contributed by atoms with Crippen LogP contribution in [0.1, 0.15) is 5.56 Å². The monoisotopic (exact) mass is 422 g/mol. The van der Waals surface area contributed by atoms with Gasteiger partial charge in [-0.05, 0) is 42.0 Å². The van der Waals surface area contributed by atoms with Crippen molar-refractivity contribution in [1.82, 2.24) is 4.31 Å². The highest BCUT2D eigenvalue weighted by Crippen LogP contribution is 2.18. The Morgan fingerprint density at radius 3 is 2.46 bits per heavy atom. The first-order valence-corrected chi connectivity index (χ1v) is 9.93. The second-order valence-corrected chi connectivity index (χ2v) is 8.44. The van der Waals surface area contributed by atoms with Gasteiger partial charge in [0.15, 0.2) is 6.61 Å². The fourth-order valence-electron chi connectivity index (χ4n) is 2.07. The summed E-state index contributed by atoms with van der Waals surface area (Å²) in [5.74, 6) is -1.28. The van der Waals surface area contributed by atoms with E-state index in [1.807, 2.05) is 0 Å². The number of esters is 1. The van der Waals surface area contributed by atoms with Gasteiger partial charge in [0.1, 0.15) is 0 Å². The van der Waals surface area contributed by atoms with E-state index in [1.54, 1.807) is 24.3 Å². The summed E-state index contributed by atoms with van der Waals surface area (Å²) in [6.07, 6.45) is 2.73. The summed E-state index contributed by atoms with van der Waals surface area (Å²) in [6.45, 7) is -0.506. The van der Waals surface area contributed by atoms with Crippen molar-refractivity contribution in [3.05, 3.63) is 65.2 Å². The SMILES string of the molecule is CN(C)S(=O)(=O)c1cccc(NC(=O)COC(=O)C=Cc2ccc(Cl)cc2)c1. The number of benzene rings is 2. The molecule has 0 fully saturated rings. The maximum Gasteiger partial charge on any atom is 0.331 e. The highest BCUT2D eigenvalue weighted by Gasteiger charge is 2.17. The van der Waals surface area contributed by atoms with Gasteiger partial charge in [-0.2, -0.15) is 0 Å². The molecule has 1 amide bonds. The van der Waals surface area contributed by atoms with E-state index in [-0.39, 0.29) is 10.6 Å². The van der Waals surface area contributed by atoms with Gasteiger partial charge in [0.2, 0.25) is 10.0 Å². The first kappa shape index (κ1) is 21.6. The van der Waals surface area contributed by atoms with Gasteiger partial charge >= 0.3 is 5.97 Å². The number of halogens is 1. The zero-order valence-corrected chi connectivity index (χ0v) is 16.8. The van der Waals surface area contributed by atoms with Gasteiger partial charge in [-0.1, -0.05) is 29.8 Å². The standard InChI is InChI=1S/C19H19ClN2O5S/c1-22(2)28(25,26)17-5-3-4-16(12-17)21-18(23)13-27-19(24)11-8-14-6-9-15(20)10-7-14/h3-12H,13H2,1-2H3,(H,21,23). The molecule has 0 saturated heterocycles. The van der Waals surface area contributed by atoms with Crippen LogP contribution < -0.4 is 5.32 Å². The first-order chi connectivity index (χ1) is 13.2. The molecule has 7 nitrogen and oxygen atoms in total. The van der Waals surface area contributed by atoms with Crippen molar-refractivity contribution in [3.63, 3.8) is 0 Å². The normalized spacial score (nSPS) is 11.6. The summed E-state index contributed by atoms with van der Waals surface area (Å²) in [5.41, 5.74) is 1.03. The fraction of sp³-hybridized carbons (Fsp3) is 0.158. The number of hydrogen-bond donors (Lipinski definition) is 1. The Morgan fingerprint density at radius 1 is 1.14 bits per heavy atom. The predicted octanol–water partition coefficient (Wildman–Crippen LogP) is 2.79. The number of carbonyl (C=O) groups is 2. The number of nitrogens with one attached hydrogen (secondary N) is 1. The third kappa shape index (κ3) is 6.19. The van der Waals surface area contributed by atoms with Gasteiger partial charge < -0.3 is 10.1 Å². The quantitative estimate of drug-likeness (QED) is 0.547. The van der Waals surface area contributed by atoms with E-state index < -0.39 is 28.5 Å². The van der Waals surface area contributed by atoms with Crippen molar-refractivity contribution in [2.45, 2.75) is 4.90 Å². The highest BCUT2D eigenvalue weighted by atomic mass is 35.5. The molecule has 0 bridgehead atoms. The minimum Gasteiger partial charge on any atom is -0.452 e. The summed E-state index contributed by atoms with van der Waals surface area (Å²) in [7, 11) is -0.790. The summed E-state index contributed by atoms with van der Waals surface area (Å²) in [6, 6.07) is 12.6. The molecule has 2 aromatic rings. The molecule has 0 aromatic heterocycles. The maximum absolute atomic E-state index is 12.1. The molecule has 28 heavy (non-hydrogen) atoms. The Bertz CT molecular complexity index is 986. The fourth-order valence-corrected chi connectivity index (χ4v) is 3.14. The summed E-state index contributed by atoms with van der Waals surface area (Å²) in [4.78, 5) is 23.7. The number of sulfonamides is 1. The Morgan fingerprint density at radius 2 is 1.82 bits per heavy atom. The van der Waals surface area contributed by atoms with Crippen LogP contribution in [0.4, 0.5) is 5.69 Å². The number of ether oxygens (including phenoxy) is 1. The van der Waals surface area contributed by atoms with Crippen LogP contribution in [-0.4, -0.2) is 45.3 Å². The maximum atomic E-state index is 12.1. The summed E-state index contributed by atoms with van der Waals surface area (Å²) in [5, 5.41) is 3.07. The molecule has 1 N–H and O–H groups in total. The second-order valence-electron chi connectivity index (χ2n) is 5.86. The van der Waals surface area contributed by atoms with Crippen molar-refractivity contribution in [1.29, 1.82) is 0 Å². The van der Waals surface area contributed by atoms with Crippen LogP contribution in [-0.2, 0) is 24.3 Å². The number of nitrogens with zero attached hydrogens (tertiary/aromatic N) is 1. The lowest BCUT2D eigenvalue weighted by Gasteiger charge is -2.12. The van der Waals surface area contributed by atoms with Crippen LogP contribution >= 0.6 is 11.6 Å². The van der Waals surface area contributed by atoms with E-state index in [1.165, 1.54) is 50.5 Å². The van der Waals surface area contributed by atoms with Crippen molar-refractivity contribution >= 4 is 45.3 Å². The van der Waals surface area contributed by atoms with Gasteiger partial charge in [-0.25, -0.2) is 17.5 Å². The molecule has 0 radical (unpaired) electrons. The van der Waals surface area contributed by atoms with E-state index >= 15 is 0 Å². The van der Waals surface area contributed by atoms with Crippen molar-refractivity contribution in [2.24, 2.45) is 0 Å². The average molecular weight is 423 g/mol. The number of carbonyl (C=O) groups excluding carboxylic acids is 2. The van der Waals surface area contributed by atoms with Crippen LogP contribution in [0.15, 0.2) is 59.5 Å². The molecule has 0 heterocycles. The average Bonchev–Trinajstić information content (AvgIpc) is 2.66. The van der Waals surface area contributed by atoms with E-state index in [0.29, 0.717) is 5.02 Å². The molecule has 0 aliphatic carbocycles. The molecule has 2 rings (SSSR count). The Kier molecular flexibility index (Phi) is 7.33. The first-order valence-electron chi connectivity index (χ1n) is 8.11. The van der Waals surface area contributed by atoms with Crippen LogP contribution in [0.2, 0.25) is 5.02 Å². The number of anilines is 1. The van der Waals surface area contributed by atoms with Gasteiger partial charge in [-0.3, -0.25) is 4.79 Å². The van der Waals surface area contributed by atoms with Gasteiger partial charge in [-0.15, -0.1) is 0 Å². The van der Waals surface area contributed by atoms with Gasteiger partial charge in [0.25, 0.3) is 5.91 Å². The Hall–Kier alpha value is -2.68. The van der Waals surface area contributed by atoms with E-state index in [4.69, 9.17) is 16.3 Å². The van der Waals surface area contributed by atoms with Crippen LogP contribution in [0.25, 0.3) is 6.08 Å². The largest absolute Gasteiger partial charge is 0.452 e. The minimum atomic E-state index is -3.62. The smallest absolute Gasteiger partial charge is 0.331 e. The molecular formula is C19H19ClN2O5S. The zero-order valence-electron chi connectivity index (χ0n) is 15.3. The van der Waals surface area contributed by atoms with Crippen molar-refractivity contribution in [3.8, 4) is 0 Å². The minimum absolute atomic E-state index is 0.0400. The molecule has 0 spiro atoms. The van der Waals surface area contributed by atoms with Crippen LogP contribution in [0, 0.1) is 0 Å². The number of hydrogen-bond acceptors (Lipinski definition) is 5. The van der Waals surface area contributed by atoms with Crippen molar-refractivity contribution < 1.29 is 22.7 Å². The van der Waals surface area contributed by atoms with E-state index in [0.717, 1.165) is 9.87 Å². The Labute approximate surface area is 168 Å². The lowest BCUT2D eigenvalue weighted by molar-refractivity contribution is -0.142. The molecule has 2 aromatic carbocycles. The van der Waals surface area contributed by atoms with Crippen LogP contribution in [0.3, 0.4) is 0 Å². The van der Waals surface area contributed by atoms with Crippen LogP contribution in [0.5, 0.6) is 0 Å². The molecule has 0 aliphatic heterocycles. The molecule has 148 valence electrons. The zero-order chi connectivity index (χ0) is 20.7. The van der Waals surface area contributed by atoms with E-state index in [9.17, 15) is 18.0 Å². The third-order valence-electron chi connectivity index (χ3n) is 3.52. The lowest BCUT2D eigenvalue weighted by Crippen LogP contribution is -2.23. The van der Waals surface area contributed by atoms with Gasteiger partial charge in [0.05, 0.1) is 4.90 Å². The molecular weight excluding hydrogens is 404 g/mol. The predicted molar refractivity (Wildman–Crippen MR) is 107 cm³/mol. The number of rotatable bonds is 7. The summed E-state index contributed by atoms with van der Waals surface area (Å²) >= 11 is 5.78. The molecule has 9 heteroatoms. The topological polar surface area (TPSA) is 92.8 Å². The third-order valence-corrected chi connectivity index (χ3v) is 5.59. The molecule has 0 unspecified atom stereocenters. The highest BCUT2D eigenvalue weighted by molar-refractivity contribution is 7.89.